The Morgan fingerprint density at radius 2 is 2.12 bits per heavy atom. The van der Waals surface area contributed by atoms with Gasteiger partial charge in [-0.05, 0) is 24.5 Å². The van der Waals surface area contributed by atoms with Gasteiger partial charge in [0.2, 0.25) is 0 Å². The van der Waals surface area contributed by atoms with Gasteiger partial charge in [0.15, 0.2) is 0 Å². The molecule has 0 saturated heterocycles. The molecule has 17 heavy (non-hydrogen) atoms. The first kappa shape index (κ1) is 11.7. The molecule has 0 radical (unpaired) electrons. The minimum absolute atomic E-state index is 0.192. The Bertz CT molecular complexity index is 518. The van der Waals surface area contributed by atoms with Crippen LogP contribution in [0, 0.1) is 0 Å². The number of aliphatic carboxylic acids is 1. The maximum atomic E-state index is 10.4. The highest BCUT2D eigenvalue weighted by atomic mass is 16.4. The molecule has 0 unspecified atom stereocenters. The van der Waals surface area contributed by atoms with E-state index in [-0.39, 0.29) is 6.42 Å². The first-order valence-electron chi connectivity index (χ1n) is 5.61. The van der Waals surface area contributed by atoms with E-state index in [2.05, 4.69) is 4.98 Å². The van der Waals surface area contributed by atoms with Gasteiger partial charge in [0.05, 0.1) is 12.5 Å². The van der Waals surface area contributed by atoms with Crippen molar-refractivity contribution in [3.8, 4) is 0 Å². The number of aromatic nitrogens is 1. The maximum Gasteiger partial charge on any atom is 0.305 e. The predicted molar refractivity (Wildman–Crippen MR) is 64.9 cm³/mol. The smallest absolute Gasteiger partial charge is 0.305 e. The first-order valence-corrected chi connectivity index (χ1v) is 5.61. The summed E-state index contributed by atoms with van der Waals surface area (Å²) in [5.41, 5.74) is 2.18. The van der Waals surface area contributed by atoms with Gasteiger partial charge in [0.25, 0.3) is 0 Å². The van der Waals surface area contributed by atoms with Crippen molar-refractivity contribution in [2.24, 2.45) is 0 Å². The van der Waals surface area contributed by atoms with E-state index in [1.807, 2.05) is 30.5 Å². The summed E-state index contributed by atoms with van der Waals surface area (Å²) in [6, 6.07) is 7.94. The Morgan fingerprint density at radius 3 is 2.88 bits per heavy atom. The number of para-hydroxylation sites is 1. The van der Waals surface area contributed by atoms with E-state index in [0.29, 0.717) is 12.8 Å². The van der Waals surface area contributed by atoms with E-state index in [0.717, 1.165) is 16.5 Å². The van der Waals surface area contributed by atoms with Crippen molar-refractivity contribution in [2.75, 3.05) is 0 Å². The summed E-state index contributed by atoms with van der Waals surface area (Å²) in [5, 5.41) is 19.2. The van der Waals surface area contributed by atoms with Crippen LogP contribution in [0.3, 0.4) is 0 Å². The molecule has 0 aliphatic rings. The van der Waals surface area contributed by atoms with Gasteiger partial charge in [-0.25, -0.2) is 0 Å². The zero-order valence-electron chi connectivity index (χ0n) is 9.39. The number of hydrogen-bond donors (Lipinski definition) is 3. The van der Waals surface area contributed by atoms with E-state index in [1.54, 1.807) is 0 Å². The number of fused-ring (bicyclic) bond motifs is 1. The SMILES string of the molecule is O=C(O)C[C@@H](O)CCc1c[nH]c2ccccc12. The lowest BCUT2D eigenvalue weighted by atomic mass is 10.0. The van der Waals surface area contributed by atoms with E-state index >= 15 is 0 Å². The zero-order chi connectivity index (χ0) is 12.3. The van der Waals surface area contributed by atoms with Crippen molar-refractivity contribution in [2.45, 2.75) is 25.4 Å². The van der Waals surface area contributed by atoms with E-state index in [1.165, 1.54) is 0 Å². The molecule has 0 fully saturated rings. The molecule has 0 spiro atoms. The largest absolute Gasteiger partial charge is 0.481 e. The predicted octanol–water partition coefficient (Wildman–Crippen LogP) is 1.94. The fraction of sp³-hybridized carbons (Fsp3) is 0.308. The molecule has 0 saturated carbocycles. The van der Waals surface area contributed by atoms with Crippen molar-refractivity contribution in [3.05, 3.63) is 36.0 Å². The molecule has 1 heterocycles. The quantitative estimate of drug-likeness (QED) is 0.738. The number of H-pyrrole nitrogens is 1. The summed E-state index contributed by atoms with van der Waals surface area (Å²) in [5.74, 6) is -0.962. The molecule has 0 aliphatic carbocycles. The van der Waals surface area contributed by atoms with Crippen LogP contribution in [0.4, 0.5) is 0 Å². The Kier molecular flexibility index (Phi) is 3.44. The lowest BCUT2D eigenvalue weighted by Gasteiger charge is -2.06. The number of aromatic amines is 1. The molecule has 1 aromatic heterocycles. The lowest BCUT2D eigenvalue weighted by Crippen LogP contribution is -2.13. The van der Waals surface area contributed by atoms with Crippen molar-refractivity contribution < 1.29 is 15.0 Å². The summed E-state index contributed by atoms with van der Waals surface area (Å²) >= 11 is 0. The van der Waals surface area contributed by atoms with Gasteiger partial charge in [0.1, 0.15) is 0 Å². The highest BCUT2D eigenvalue weighted by Gasteiger charge is 2.11. The van der Waals surface area contributed by atoms with Gasteiger partial charge in [-0.1, -0.05) is 18.2 Å². The lowest BCUT2D eigenvalue weighted by molar-refractivity contribution is -0.139. The van der Waals surface area contributed by atoms with Crippen molar-refractivity contribution in [1.82, 2.24) is 4.98 Å². The molecule has 2 aromatic rings. The molecular formula is C13H15NO3. The fourth-order valence-electron chi connectivity index (χ4n) is 1.96. The topological polar surface area (TPSA) is 73.3 Å². The normalized spacial score (nSPS) is 12.8. The van der Waals surface area contributed by atoms with Crippen molar-refractivity contribution >= 4 is 16.9 Å². The van der Waals surface area contributed by atoms with Crippen LogP contribution in [-0.2, 0) is 11.2 Å². The van der Waals surface area contributed by atoms with Gasteiger partial charge in [0, 0.05) is 17.1 Å². The number of aliphatic hydroxyl groups is 1. The average molecular weight is 233 g/mol. The Hall–Kier alpha value is -1.81. The number of aliphatic hydroxyl groups excluding tert-OH is 1. The molecule has 0 bridgehead atoms. The number of carboxylic acids is 1. The number of aryl methyl sites for hydroxylation is 1. The molecule has 0 aliphatic heterocycles. The van der Waals surface area contributed by atoms with Gasteiger partial charge >= 0.3 is 5.97 Å². The highest BCUT2D eigenvalue weighted by Crippen LogP contribution is 2.19. The standard InChI is InChI=1S/C13H15NO3/c15-10(7-13(16)17)6-5-9-8-14-12-4-2-1-3-11(9)12/h1-4,8,10,14-15H,5-7H2,(H,16,17)/t10-/m0/s1. The second-order valence-electron chi connectivity index (χ2n) is 4.15. The summed E-state index contributed by atoms with van der Waals surface area (Å²) in [7, 11) is 0. The van der Waals surface area contributed by atoms with Crippen LogP contribution in [-0.4, -0.2) is 27.3 Å². The summed E-state index contributed by atoms with van der Waals surface area (Å²) in [4.78, 5) is 13.6. The molecule has 2 rings (SSSR count). The number of nitrogens with one attached hydrogen (secondary N) is 1. The van der Waals surface area contributed by atoms with Gasteiger partial charge < -0.3 is 15.2 Å². The molecule has 0 amide bonds. The van der Waals surface area contributed by atoms with Crippen molar-refractivity contribution in [1.29, 1.82) is 0 Å². The summed E-state index contributed by atoms with van der Waals surface area (Å²) < 4.78 is 0. The molecule has 1 aromatic carbocycles. The number of rotatable bonds is 5. The third kappa shape index (κ3) is 2.85. The summed E-state index contributed by atoms with van der Waals surface area (Å²) in [6.45, 7) is 0. The van der Waals surface area contributed by atoms with Crippen LogP contribution in [0.2, 0.25) is 0 Å². The monoisotopic (exact) mass is 233 g/mol. The highest BCUT2D eigenvalue weighted by molar-refractivity contribution is 5.83. The maximum absolute atomic E-state index is 10.4. The van der Waals surface area contributed by atoms with E-state index in [4.69, 9.17) is 5.11 Å². The van der Waals surface area contributed by atoms with Crippen LogP contribution < -0.4 is 0 Å². The van der Waals surface area contributed by atoms with Crippen molar-refractivity contribution in [3.63, 3.8) is 0 Å². The van der Waals surface area contributed by atoms with Crippen LogP contribution >= 0.6 is 0 Å². The number of hydrogen-bond acceptors (Lipinski definition) is 2. The second-order valence-corrected chi connectivity index (χ2v) is 4.15. The summed E-state index contributed by atoms with van der Waals surface area (Å²) in [6.07, 6.45) is 2.09. The van der Waals surface area contributed by atoms with Crippen LogP contribution in [0.15, 0.2) is 30.5 Å². The molecule has 90 valence electrons. The number of benzene rings is 1. The minimum atomic E-state index is -0.962. The van der Waals surface area contributed by atoms with Crippen LogP contribution in [0.1, 0.15) is 18.4 Å². The number of carboxylic acid groups (broad SMARTS) is 1. The zero-order valence-corrected chi connectivity index (χ0v) is 9.39. The van der Waals surface area contributed by atoms with Crippen LogP contribution in [0.25, 0.3) is 10.9 Å². The first-order chi connectivity index (χ1) is 8.16. The third-order valence-electron chi connectivity index (χ3n) is 2.83. The number of carbonyl (C=O) groups is 1. The second kappa shape index (κ2) is 5.01. The third-order valence-corrected chi connectivity index (χ3v) is 2.83. The van der Waals surface area contributed by atoms with Gasteiger partial charge in [-0.2, -0.15) is 0 Å². The van der Waals surface area contributed by atoms with E-state index in [9.17, 15) is 9.90 Å². The molecule has 1 atom stereocenters. The van der Waals surface area contributed by atoms with Gasteiger partial charge in [-0.15, -0.1) is 0 Å². The Balaban J connectivity index is 2.02. The molecule has 4 nitrogen and oxygen atoms in total. The van der Waals surface area contributed by atoms with Gasteiger partial charge in [-0.3, -0.25) is 4.79 Å². The van der Waals surface area contributed by atoms with Crippen LogP contribution in [0.5, 0.6) is 0 Å². The molecule has 4 heteroatoms. The fourth-order valence-corrected chi connectivity index (χ4v) is 1.96. The molecular weight excluding hydrogens is 218 g/mol. The Morgan fingerprint density at radius 1 is 1.35 bits per heavy atom. The Labute approximate surface area is 98.9 Å². The average Bonchev–Trinajstić information content (AvgIpc) is 2.69. The van der Waals surface area contributed by atoms with E-state index < -0.39 is 12.1 Å². The minimum Gasteiger partial charge on any atom is -0.481 e. The molecule has 3 N–H and O–H groups in total.